The highest BCUT2D eigenvalue weighted by Gasteiger charge is 2.30. The van der Waals surface area contributed by atoms with E-state index in [0.29, 0.717) is 73.6 Å². The van der Waals surface area contributed by atoms with Crippen molar-refractivity contribution in [3.05, 3.63) is 108 Å². The SMILES string of the molecule is CC(C)N(C)c1nc2cc(C(=O)O)ccc2nc1-c1cc2cc(F)ccc2o1.CN(c1nc2cc(C(=O)O)ccc2nc1-c1cc2ccccc2o1)C1CC1. The quantitative estimate of drug-likeness (QED) is 0.153. The van der Waals surface area contributed by atoms with Gasteiger partial charge in [-0.25, -0.2) is 33.9 Å². The van der Waals surface area contributed by atoms with Crippen LogP contribution in [0, 0.1) is 5.82 Å². The molecule has 0 bridgehead atoms. The number of hydrogen-bond acceptors (Lipinski definition) is 10. The molecule has 4 heterocycles. The molecule has 12 nitrogen and oxygen atoms in total. The van der Waals surface area contributed by atoms with Crippen LogP contribution in [0.1, 0.15) is 47.4 Å². The summed E-state index contributed by atoms with van der Waals surface area (Å²) in [4.78, 5) is 45.5. The lowest BCUT2D eigenvalue weighted by Gasteiger charge is -2.24. The van der Waals surface area contributed by atoms with Gasteiger partial charge in [0.05, 0.1) is 33.2 Å². The van der Waals surface area contributed by atoms with Gasteiger partial charge in [0.25, 0.3) is 0 Å². The van der Waals surface area contributed by atoms with Gasteiger partial charge in [0.15, 0.2) is 23.2 Å². The average molecular weight is 739 g/mol. The van der Waals surface area contributed by atoms with Crippen LogP contribution >= 0.6 is 0 Å². The van der Waals surface area contributed by atoms with Gasteiger partial charge in [-0.05, 0) is 99.5 Å². The summed E-state index contributed by atoms with van der Waals surface area (Å²) < 4.78 is 25.5. The second-order valence-electron chi connectivity index (χ2n) is 13.8. The first-order valence-corrected chi connectivity index (χ1v) is 17.7. The Labute approximate surface area is 313 Å². The highest BCUT2D eigenvalue weighted by atomic mass is 19.1. The van der Waals surface area contributed by atoms with Gasteiger partial charge in [-0.3, -0.25) is 0 Å². The van der Waals surface area contributed by atoms with Crippen LogP contribution in [0.4, 0.5) is 16.0 Å². The molecule has 4 aromatic carbocycles. The van der Waals surface area contributed by atoms with Crippen molar-refractivity contribution >= 4 is 67.6 Å². The number of halogens is 1. The molecule has 13 heteroatoms. The van der Waals surface area contributed by atoms with Crippen molar-refractivity contribution in [1.29, 1.82) is 0 Å². The molecule has 0 atom stereocenters. The number of nitrogens with zero attached hydrogens (tertiary/aromatic N) is 6. The lowest BCUT2D eigenvalue weighted by Crippen LogP contribution is -2.27. The second-order valence-corrected chi connectivity index (χ2v) is 13.8. The Hall–Kier alpha value is -6.89. The predicted octanol–water partition coefficient (Wildman–Crippen LogP) is 9.06. The standard InChI is InChI=1S/C21H18FN3O3.C21H17N3O3/c1-11(2)25(3)20-19(18-10-13-8-14(22)5-7-17(13)28-18)23-15-6-4-12(21(26)27)9-16(15)24-20;1-24(14-7-8-14)20-19(18-11-12-4-2-3-5-17(12)27-18)22-15-9-6-13(21(25)26)10-16(15)23-20/h4-11H,1-3H3,(H,26,27);2-6,9-11,14H,7-8H2,1H3,(H,25,26). The van der Waals surface area contributed by atoms with Gasteiger partial charge in [0.1, 0.15) is 28.4 Å². The van der Waals surface area contributed by atoms with Gasteiger partial charge in [-0.15, -0.1) is 0 Å². The number of hydrogen-bond donors (Lipinski definition) is 2. The van der Waals surface area contributed by atoms with Crippen molar-refractivity contribution in [2.45, 2.75) is 38.8 Å². The first kappa shape index (κ1) is 35.2. The number of furan rings is 2. The molecule has 0 saturated heterocycles. The van der Waals surface area contributed by atoms with Gasteiger partial charge in [-0.1, -0.05) is 18.2 Å². The summed E-state index contributed by atoms with van der Waals surface area (Å²) in [6.45, 7) is 4.02. The Morgan fingerprint density at radius 3 is 1.78 bits per heavy atom. The molecule has 1 aliphatic carbocycles. The predicted molar refractivity (Wildman–Crippen MR) is 208 cm³/mol. The van der Waals surface area contributed by atoms with Crippen molar-refractivity contribution < 1.29 is 33.0 Å². The fourth-order valence-electron chi connectivity index (χ4n) is 6.29. The minimum Gasteiger partial charge on any atom is -0.478 e. The molecule has 276 valence electrons. The number of para-hydroxylation sites is 1. The van der Waals surface area contributed by atoms with Gasteiger partial charge < -0.3 is 28.8 Å². The molecule has 2 N–H and O–H groups in total. The Balaban J connectivity index is 0.000000155. The van der Waals surface area contributed by atoms with E-state index in [-0.39, 0.29) is 23.0 Å². The number of fused-ring (bicyclic) bond motifs is 4. The fourth-order valence-corrected chi connectivity index (χ4v) is 6.29. The number of anilines is 2. The van der Waals surface area contributed by atoms with Crippen LogP contribution in [0.25, 0.3) is 66.9 Å². The molecular formula is C42H35FN6O6. The van der Waals surface area contributed by atoms with E-state index < -0.39 is 11.9 Å². The van der Waals surface area contributed by atoms with Crippen molar-refractivity contribution in [2.75, 3.05) is 23.9 Å². The van der Waals surface area contributed by atoms with Gasteiger partial charge in [0, 0.05) is 37.0 Å². The van der Waals surface area contributed by atoms with Crippen LogP contribution in [0.5, 0.6) is 0 Å². The molecule has 0 spiro atoms. The van der Waals surface area contributed by atoms with E-state index in [4.69, 9.17) is 18.8 Å². The first-order chi connectivity index (χ1) is 26.4. The third-order valence-corrected chi connectivity index (χ3v) is 9.69. The zero-order chi connectivity index (χ0) is 38.5. The Morgan fingerprint density at radius 2 is 1.22 bits per heavy atom. The minimum absolute atomic E-state index is 0.120. The zero-order valence-corrected chi connectivity index (χ0v) is 30.3. The van der Waals surface area contributed by atoms with Crippen LogP contribution in [-0.4, -0.2) is 68.3 Å². The van der Waals surface area contributed by atoms with E-state index in [0.717, 1.165) is 23.8 Å². The van der Waals surface area contributed by atoms with Crippen LogP contribution < -0.4 is 9.80 Å². The van der Waals surface area contributed by atoms with Gasteiger partial charge in [-0.2, -0.15) is 0 Å². The molecule has 9 rings (SSSR count). The van der Waals surface area contributed by atoms with Crippen LogP contribution in [0.2, 0.25) is 0 Å². The van der Waals surface area contributed by atoms with E-state index in [9.17, 15) is 24.2 Å². The molecule has 55 heavy (non-hydrogen) atoms. The van der Waals surface area contributed by atoms with Gasteiger partial charge in [0.2, 0.25) is 0 Å². The number of carboxylic acid groups (broad SMARTS) is 2. The lowest BCUT2D eigenvalue weighted by molar-refractivity contribution is 0.0686. The number of carboxylic acids is 2. The van der Waals surface area contributed by atoms with E-state index in [2.05, 4.69) is 14.9 Å². The summed E-state index contributed by atoms with van der Waals surface area (Å²) in [7, 11) is 3.88. The van der Waals surface area contributed by atoms with E-state index in [1.165, 1.54) is 24.3 Å². The van der Waals surface area contributed by atoms with E-state index >= 15 is 0 Å². The smallest absolute Gasteiger partial charge is 0.335 e. The number of rotatable bonds is 8. The van der Waals surface area contributed by atoms with Crippen molar-refractivity contribution in [3.8, 4) is 22.9 Å². The normalized spacial score (nSPS) is 12.7. The maximum Gasteiger partial charge on any atom is 0.335 e. The Kier molecular flexibility index (Phi) is 8.84. The molecular weight excluding hydrogens is 703 g/mol. The highest BCUT2D eigenvalue weighted by Crippen LogP contribution is 2.38. The lowest BCUT2D eigenvalue weighted by atomic mass is 10.1. The van der Waals surface area contributed by atoms with E-state index in [1.807, 2.05) is 63.2 Å². The number of carbonyl (C=O) groups is 2. The monoisotopic (exact) mass is 738 g/mol. The molecule has 1 aliphatic rings. The van der Waals surface area contributed by atoms with Crippen molar-refractivity contribution in [2.24, 2.45) is 0 Å². The number of aromatic nitrogens is 4. The first-order valence-electron chi connectivity index (χ1n) is 17.7. The van der Waals surface area contributed by atoms with Crippen LogP contribution in [-0.2, 0) is 0 Å². The average Bonchev–Trinajstić information content (AvgIpc) is 3.80. The maximum absolute atomic E-state index is 13.5. The van der Waals surface area contributed by atoms with E-state index in [1.54, 1.807) is 36.4 Å². The topological polar surface area (TPSA) is 159 Å². The largest absolute Gasteiger partial charge is 0.478 e. The zero-order valence-electron chi connectivity index (χ0n) is 30.3. The van der Waals surface area contributed by atoms with Crippen LogP contribution in [0.15, 0.2) is 99.8 Å². The Bertz CT molecular complexity index is 2760. The molecule has 0 radical (unpaired) electrons. The molecule has 8 aromatic rings. The number of benzene rings is 4. The molecule has 0 amide bonds. The Morgan fingerprint density at radius 1 is 0.673 bits per heavy atom. The fraction of sp³-hybridized carbons (Fsp3) is 0.190. The van der Waals surface area contributed by atoms with Crippen molar-refractivity contribution in [3.63, 3.8) is 0 Å². The summed E-state index contributed by atoms with van der Waals surface area (Å²) >= 11 is 0. The second kappa shape index (κ2) is 13.8. The summed E-state index contributed by atoms with van der Waals surface area (Å²) in [5, 5.41) is 20.1. The molecule has 1 fully saturated rings. The summed E-state index contributed by atoms with van der Waals surface area (Å²) in [5.41, 5.74) is 5.13. The molecule has 0 aliphatic heterocycles. The molecule has 4 aromatic heterocycles. The molecule has 1 saturated carbocycles. The summed E-state index contributed by atoms with van der Waals surface area (Å²) in [6.07, 6.45) is 2.23. The third-order valence-electron chi connectivity index (χ3n) is 9.69. The van der Waals surface area contributed by atoms with Gasteiger partial charge >= 0.3 is 11.9 Å². The van der Waals surface area contributed by atoms with Crippen molar-refractivity contribution in [1.82, 2.24) is 19.9 Å². The summed E-state index contributed by atoms with van der Waals surface area (Å²) in [6, 6.07) is 25.8. The minimum atomic E-state index is -1.02. The van der Waals surface area contributed by atoms with Crippen LogP contribution in [0.3, 0.4) is 0 Å². The summed E-state index contributed by atoms with van der Waals surface area (Å²) in [5.74, 6) is 0.0690. The highest BCUT2D eigenvalue weighted by molar-refractivity contribution is 5.95. The number of aromatic carboxylic acids is 2. The third kappa shape index (κ3) is 6.87. The maximum atomic E-state index is 13.5. The molecule has 0 unspecified atom stereocenters.